The third-order valence-corrected chi connectivity index (χ3v) is 21.1. The number of para-hydroxylation sites is 6. The van der Waals surface area contributed by atoms with E-state index < -0.39 is 0 Å². The molecule has 0 spiro atoms. The van der Waals surface area contributed by atoms with Crippen molar-refractivity contribution in [2.24, 2.45) is 0 Å². The third kappa shape index (κ3) is 7.73. The Bertz CT molecular complexity index is 5560. The van der Waals surface area contributed by atoms with Gasteiger partial charge in [-0.1, -0.05) is 222 Å². The molecule has 0 amide bonds. The minimum absolute atomic E-state index is 0.0897. The lowest BCUT2D eigenvalue weighted by atomic mass is 9.33. The Labute approximate surface area is 536 Å². The first-order valence-corrected chi connectivity index (χ1v) is 32.6. The smallest absolute Gasteiger partial charge is 0.252 e. The SMILES string of the molecule is CC1(C)CCC(C)(C)c2cc(-c3ccc(N4c5cc(-n6c7ccccc7c7ccccc76)ccc5B5c6ccc(-n7c8ccccc8c8ccccc87)cc6N(c6ccc(-c7ccccc7)cc6)c6cc(-n7c8ccccc8c8ccccc87)cc4c65)cc3)ccc21. The van der Waals surface area contributed by atoms with Crippen molar-refractivity contribution in [3.05, 3.63) is 302 Å². The number of hydrogen-bond donors (Lipinski definition) is 0. The van der Waals surface area contributed by atoms with Gasteiger partial charge in [0.05, 0.1) is 38.8 Å². The molecule has 3 aliphatic rings. The van der Waals surface area contributed by atoms with E-state index in [-0.39, 0.29) is 17.5 Å². The molecule has 0 radical (unpaired) electrons. The van der Waals surface area contributed by atoms with E-state index in [9.17, 15) is 0 Å². The fourth-order valence-electron chi connectivity index (χ4n) is 16.5. The summed E-state index contributed by atoms with van der Waals surface area (Å²) in [7, 11) is 0. The van der Waals surface area contributed by atoms with Crippen LogP contribution in [-0.4, -0.2) is 20.4 Å². The second-order valence-electron chi connectivity index (χ2n) is 27.1. The van der Waals surface area contributed by atoms with E-state index in [2.05, 4.69) is 342 Å². The standard InChI is InChI=1S/C86H64BN5/c1-85(2)48-49-86(3,4)71-50-58(38-45-70(71)85)57-36-41-60(42-37-57)89-81-52-62(91-76-30-16-10-24-66(76)67-25-11-17-31-77(67)91)44-47-73(81)87-72-46-43-61(90-74-28-14-8-22-64(74)65-23-9-15-29-75(65)90)51-80(72)88(59-39-34-56(35-40-59)55-20-6-5-7-21-55)82-53-63(54-83(89)84(82)87)92-78-32-18-12-26-68(78)69-27-13-19-33-79(69)92/h5-47,50-54H,48-49H2,1-4H3. The van der Waals surface area contributed by atoms with Crippen LogP contribution in [0.25, 0.3) is 105 Å². The predicted octanol–water partition coefficient (Wildman–Crippen LogP) is 20.7. The summed E-state index contributed by atoms with van der Waals surface area (Å²) in [5, 5.41) is 7.41. The van der Waals surface area contributed by atoms with Crippen LogP contribution in [0, 0.1) is 0 Å². The molecule has 436 valence electrons. The molecule has 0 bridgehead atoms. The van der Waals surface area contributed by atoms with Crippen LogP contribution in [0.1, 0.15) is 51.7 Å². The van der Waals surface area contributed by atoms with E-state index in [0.717, 1.165) is 51.2 Å². The van der Waals surface area contributed by atoms with Crippen molar-refractivity contribution in [1.29, 1.82) is 0 Å². The van der Waals surface area contributed by atoms with Gasteiger partial charge in [-0.2, -0.15) is 0 Å². The van der Waals surface area contributed by atoms with Crippen molar-refractivity contribution in [3.63, 3.8) is 0 Å². The highest BCUT2D eigenvalue weighted by molar-refractivity contribution is 7.00. The first kappa shape index (κ1) is 52.8. The maximum Gasteiger partial charge on any atom is 0.252 e. The monoisotopic (exact) mass is 1180 g/mol. The molecule has 0 saturated carbocycles. The van der Waals surface area contributed by atoms with Crippen molar-refractivity contribution in [1.82, 2.24) is 13.7 Å². The molecule has 2 aliphatic heterocycles. The molecule has 0 unspecified atom stereocenters. The lowest BCUT2D eigenvalue weighted by molar-refractivity contribution is 0.332. The number of aromatic nitrogens is 3. The van der Waals surface area contributed by atoms with Crippen molar-refractivity contribution in [2.75, 3.05) is 9.80 Å². The van der Waals surface area contributed by atoms with Crippen LogP contribution in [0.15, 0.2) is 291 Å². The van der Waals surface area contributed by atoms with Gasteiger partial charge in [-0.15, -0.1) is 0 Å². The summed E-state index contributed by atoms with van der Waals surface area (Å²) in [6, 6.07) is 110. The predicted molar refractivity (Wildman–Crippen MR) is 390 cm³/mol. The minimum Gasteiger partial charge on any atom is -0.311 e. The van der Waals surface area contributed by atoms with Gasteiger partial charge in [0.25, 0.3) is 6.71 Å². The van der Waals surface area contributed by atoms with Gasteiger partial charge in [-0.05, 0) is 171 Å². The van der Waals surface area contributed by atoms with Gasteiger partial charge in [0, 0.05) is 77.8 Å². The Hall–Kier alpha value is -11.1. The van der Waals surface area contributed by atoms with Crippen molar-refractivity contribution in [2.45, 2.75) is 51.4 Å². The summed E-state index contributed by atoms with van der Waals surface area (Å²) in [4.78, 5) is 5.20. The van der Waals surface area contributed by atoms with Gasteiger partial charge in [0.15, 0.2) is 0 Å². The van der Waals surface area contributed by atoms with Crippen LogP contribution in [0.4, 0.5) is 34.1 Å². The Kier molecular flexibility index (Phi) is 11.3. The summed E-state index contributed by atoms with van der Waals surface area (Å²) in [6.07, 6.45) is 2.36. The molecule has 0 N–H and O–H groups in total. The van der Waals surface area contributed by atoms with Crippen LogP contribution < -0.4 is 26.2 Å². The summed E-state index contributed by atoms with van der Waals surface area (Å²) in [5.74, 6) is 0. The number of fused-ring (bicyclic) bond motifs is 14. The largest absolute Gasteiger partial charge is 0.311 e. The van der Waals surface area contributed by atoms with Crippen LogP contribution in [0.3, 0.4) is 0 Å². The molecule has 0 fully saturated rings. The van der Waals surface area contributed by atoms with Crippen LogP contribution in [0.5, 0.6) is 0 Å². The zero-order valence-corrected chi connectivity index (χ0v) is 51.9. The van der Waals surface area contributed by atoms with E-state index in [1.54, 1.807) is 0 Å². The quantitative estimate of drug-likeness (QED) is 0.148. The van der Waals surface area contributed by atoms with Crippen LogP contribution in [0.2, 0.25) is 0 Å². The van der Waals surface area contributed by atoms with Gasteiger partial charge in [0.1, 0.15) is 0 Å². The Morgan fingerprint density at radius 3 is 0.989 bits per heavy atom. The van der Waals surface area contributed by atoms with Gasteiger partial charge in [-0.3, -0.25) is 0 Å². The third-order valence-electron chi connectivity index (χ3n) is 21.1. The Morgan fingerprint density at radius 1 is 0.261 bits per heavy atom. The van der Waals surface area contributed by atoms with Crippen molar-refractivity contribution in [3.8, 4) is 39.3 Å². The summed E-state index contributed by atoms with van der Waals surface area (Å²) >= 11 is 0. The molecule has 0 atom stereocenters. The normalized spacial score (nSPS) is 14.5. The van der Waals surface area contributed by atoms with Crippen molar-refractivity contribution < 1.29 is 0 Å². The van der Waals surface area contributed by atoms with E-state index in [0.29, 0.717) is 0 Å². The lowest BCUT2D eigenvalue weighted by Crippen LogP contribution is -2.61. The molecule has 3 aromatic heterocycles. The summed E-state index contributed by atoms with van der Waals surface area (Å²) in [5.41, 5.74) is 28.9. The minimum atomic E-state index is -0.157. The maximum absolute atomic E-state index is 2.61. The van der Waals surface area contributed by atoms with E-state index in [1.165, 1.54) is 128 Å². The van der Waals surface area contributed by atoms with Crippen LogP contribution in [-0.2, 0) is 10.8 Å². The molecule has 0 saturated heterocycles. The molecule has 16 aromatic rings. The maximum atomic E-state index is 2.61. The van der Waals surface area contributed by atoms with Gasteiger partial charge in [-0.25, -0.2) is 0 Å². The fourth-order valence-corrected chi connectivity index (χ4v) is 16.5. The molecule has 5 nitrogen and oxygen atoms in total. The molecule has 6 heteroatoms. The molecule has 13 aromatic carbocycles. The molecular weight excluding hydrogens is 1110 g/mol. The number of nitrogens with zero attached hydrogens (tertiary/aromatic N) is 5. The van der Waals surface area contributed by atoms with Crippen LogP contribution >= 0.6 is 0 Å². The highest BCUT2D eigenvalue weighted by Crippen LogP contribution is 2.50. The molecule has 5 heterocycles. The average molecular weight is 1180 g/mol. The molecular formula is C86H64BN5. The number of hydrogen-bond acceptors (Lipinski definition) is 2. The highest BCUT2D eigenvalue weighted by Gasteiger charge is 2.45. The van der Waals surface area contributed by atoms with E-state index in [1.807, 2.05) is 0 Å². The topological polar surface area (TPSA) is 21.3 Å². The Morgan fingerprint density at radius 2 is 0.576 bits per heavy atom. The van der Waals surface area contributed by atoms with E-state index in [4.69, 9.17) is 0 Å². The second-order valence-corrected chi connectivity index (χ2v) is 27.1. The highest BCUT2D eigenvalue weighted by atomic mass is 15.2. The number of anilines is 6. The zero-order chi connectivity index (χ0) is 61.1. The average Bonchev–Trinajstić information content (AvgIpc) is 0.848. The number of rotatable bonds is 7. The van der Waals surface area contributed by atoms with Gasteiger partial charge >= 0.3 is 0 Å². The lowest BCUT2D eigenvalue weighted by Gasteiger charge is -2.44. The first-order chi connectivity index (χ1) is 45.1. The Balaban J connectivity index is 0.912. The van der Waals surface area contributed by atoms with Crippen molar-refractivity contribution >= 4 is 123 Å². The zero-order valence-electron chi connectivity index (χ0n) is 51.9. The second kappa shape index (κ2) is 19.7. The van der Waals surface area contributed by atoms with Gasteiger partial charge in [0.2, 0.25) is 0 Å². The molecule has 1 aliphatic carbocycles. The first-order valence-electron chi connectivity index (χ1n) is 32.6. The molecule has 92 heavy (non-hydrogen) atoms. The summed E-state index contributed by atoms with van der Waals surface area (Å²) < 4.78 is 7.47. The van der Waals surface area contributed by atoms with E-state index >= 15 is 0 Å². The van der Waals surface area contributed by atoms with Gasteiger partial charge < -0.3 is 23.5 Å². The number of benzene rings is 13. The summed E-state index contributed by atoms with van der Waals surface area (Å²) in [6.45, 7) is 9.54. The molecule has 19 rings (SSSR count). The fraction of sp³-hybridized carbons (Fsp3) is 0.0930.